The van der Waals surface area contributed by atoms with Gasteiger partial charge >= 0.3 is 0 Å². The molecular formula is C20H21N3O4S2. The number of rotatable bonds is 5. The van der Waals surface area contributed by atoms with Crippen molar-refractivity contribution in [3.05, 3.63) is 70.0 Å². The molecule has 9 heteroatoms. The third-order valence-electron chi connectivity index (χ3n) is 4.48. The van der Waals surface area contributed by atoms with Crippen molar-refractivity contribution in [3.8, 4) is 5.75 Å². The molecule has 0 bridgehead atoms. The minimum absolute atomic E-state index is 0.00520. The van der Waals surface area contributed by atoms with Gasteiger partial charge < -0.3 is 9.30 Å². The fourth-order valence-corrected chi connectivity index (χ4v) is 4.71. The summed E-state index contributed by atoms with van der Waals surface area (Å²) >= 11 is 1.33. The SMILES string of the molecule is COc1ccccc1N(C)S(=O)(=O)c1ccc(C)c(C(=O)N=c2sccn2C)c1. The first-order chi connectivity index (χ1) is 13.8. The van der Waals surface area contributed by atoms with Crippen molar-refractivity contribution in [1.29, 1.82) is 0 Å². The molecule has 0 saturated heterocycles. The number of anilines is 1. The molecule has 3 aromatic rings. The molecule has 1 aromatic heterocycles. The Morgan fingerprint density at radius 2 is 1.93 bits per heavy atom. The van der Waals surface area contributed by atoms with Crippen molar-refractivity contribution in [1.82, 2.24) is 4.57 Å². The molecule has 0 spiro atoms. The highest BCUT2D eigenvalue weighted by Gasteiger charge is 2.25. The average Bonchev–Trinajstić information content (AvgIpc) is 3.11. The maximum atomic E-state index is 13.2. The second kappa shape index (κ2) is 8.22. The number of benzene rings is 2. The maximum absolute atomic E-state index is 13.2. The zero-order chi connectivity index (χ0) is 21.2. The van der Waals surface area contributed by atoms with Crippen molar-refractivity contribution in [2.75, 3.05) is 18.5 Å². The number of thiazole rings is 1. The van der Waals surface area contributed by atoms with Crippen LogP contribution >= 0.6 is 11.3 Å². The van der Waals surface area contributed by atoms with Gasteiger partial charge in [-0.1, -0.05) is 18.2 Å². The molecule has 1 heterocycles. The van der Waals surface area contributed by atoms with Crippen molar-refractivity contribution < 1.29 is 17.9 Å². The minimum Gasteiger partial charge on any atom is -0.495 e. The van der Waals surface area contributed by atoms with Crippen LogP contribution in [-0.2, 0) is 17.1 Å². The molecular weight excluding hydrogens is 410 g/mol. The van der Waals surface area contributed by atoms with Crippen LogP contribution < -0.4 is 13.8 Å². The van der Waals surface area contributed by atoms with Crippen LogP contribution in [0.3, 0.4) is 0 Å². The summed E-state index contributed by atoms with van der Waals surface area (Å²) < 4.78 is 34.5. The van der Waals surface area contributed by atoms with Gasteiger partial charge in [0.2, 0.25) is 0 Å². The lowest BCUT2D eigenvalue weighted by Crippen LogP contribution is -2.27. The minimum atomic E-state index is -3.91. The van der Waals surface area contributed by atoms with E-state index in [1.807, 2.05) is 5.38 Å². The van der Waals surface area contributed by atoms with Gasteiger partial charge in [-0.25, -0.2) is 8.42 Å². The molecule has 7 nitrogen and oxygen atoms in total. The number of methoxy groups -OCH3 is 1. The monoisotopic (exact) mass is 431 g/mol. The van der Waals surface area contributed by atoms with Gasteiger partial charge in [0.05, 0.1) is 17.7 Å². The lowest BCUT2D eigenvalue weighted by Gasteiger charge is -2.22. The zero-order valence-electron chi connectivity index (χ0n) is 16.5. The van der Waals surface area contributed by atoms with Crippen LogP contribution in [0.2, 0.25) is 0 Å². The summed E-state index contributed by atoms with van der Waals surface area (Å²) in [4.78, 5) is 17.4. The number of aromatic nitrogens is 1. The van der Waals surface area contributed by atoms with Crippen LogP contribution in [0.5, 0.6) is 5.75 Å². The number of nitrogens with zero attached hydrogens (tertiary/aromatic N) is 3. The molecule has 2 aromatic carbocycles. The fourth-order valence-electron chi connectivity index (χ4n) is 2.75. The molecule has 0 N–H and O–H groups in total. The van der Waals surface area contributed by atoms with E-state index in [-0.39, 0.29) is 10.5 Å². The Balaban J connectivity index is 2.04. The second-order valence-electron chi connectivity index (χ2n) is 6.33. The predicted octanol–water partition coefficient (Wildman–Crippen LogP) is 2.97. The number of sulfonamides is 1. The normalized spacial score (nSPS) is 12.1. The topological polar surface area (TPSA) is 81.0 Å². The first-order valence-electron chi connectivity index (χ1n) is 8.67. The van der Waals surface area contributed by atoms with E-state index in [1.165, 1.54) is 37.6 Å². The Labute approximate surface area is 173 Å². The Morgan fingerprint density at radius 3 is 2.59 bits per heavy atom. The highest BCUT2D eigenvalue weighted by molar-refractivity contribution is 7.92. The first kappa shape index (κ1) is 20.8. The largest absolute Gasteiger partial charge is 0.495 e. The molecule has 0 aliphatic heterocycles. The highest BCUT2D eigenvalue weighted by Crippen LogP contribution is 2.31. The second-order valence-corrected chi connectivity index (χ2v) is 9.18. The number of ether oxygens (including phenoxy) is 1. The first-order valence-corrected chi connectivity index (χ1v) is 11.0. The van der Waals surface area contributed by atoms with Gasteiger partial charge in [0.25, 0.3) is 15.9 Å². The van der Waals surface area contributed by atoms with E-state index in [0.29, 0.717) is 21.8 Å². The van der Waals surface area contributed by atoms with Crippen molar-refractivity contribution in [3.63, 3.8) is 0 Å². The van der Waals surface area contributed by atoms with E-state index in [1.54, 1.807) is 55.1 Å². The lowest BCUT2D eigenvalue weighted by molar-refractivity contribution is 0.0997. The summed E-state index contributed by atoms with van der Waals surface area (Å²) in [6.07, 6.45) is 1.80. The van der Waals surface area contributed by atoms with Crippen LogP contribution in [0.25, 0.3) is 0 Å². The summed E-state index contributed by atoms with van der Waals surface area (Å²) in [7, 11) is 0.809. The fraction of sp³-hybridized carbons (Fsp3) is 0.200. The van der Waals surface area contributed by atoms with E-state index >= 15 is 0 Å². The van der Waals surface area contributed by atoms with Crippen molar-refractivity contribution in [2.45, 2.75) is 11.8 Å². The molecule has 0 unspecified atom stereocenters. The van der Waals surface area contributed by atoms with E-state index in [2.05, 4.69) is 4.99 Å². The number of hydrogen-bond donors (Lipinski definition) is 0. The number of para-hydroxylation sites is 2. The molecule has 29 heavy (non-hydrogen) atoms. The highest BCUT2D eigenvalue weighted by atomic mass is 32.2. The quantitative estimate of drug-likeness (QED) is 0.622. The van der Waals surface area contributed by atoms with Crippen molar-refractivity contribution >= 4 is 33.0 Å². The standard InChI is InChI=1S/C20H21N3O4S2/c1-14-9-10-15(13-16(14)19(24)21-20-22(2)11-12-28-20)29(25,26)23(3)17-7-5-6-8-18(17)27-4/h5-13H,1-4H3. The van der Waals surface area contributed by atoms with Gasteiger partial charge in [-0.3, -0.25) is 9.10 Å². The van der Waals surface area contributed by atoms with Crippen LogP contribution in [0.1, 0.15) is 15.9 Å². The van der Waals surface area contributed by atoms with E-state index < -0.39 is 15.9 Å². The van der Waals surface area contributed by atoms with Gasteiger partial charge in [-0.15, -0.1) is 11.3 Å². The van der Waals surface area contributed by atoms with Gasteiger partial charge in [0, 0.05) is 31.2 Å². The number of carbonyl (C=O) groups is 1. The number of hydrogen-bond acceptors (Lipinski definition) is 5. The van der Waals surface area contributed by atoms with Gasteiger partial charge in [0.15, 0.2) is 4.80 Å². The van der Waals surface area contributed by atoms with Gasteiger partial charge in [-0.05, 0) is 36.8 Å². The predicted molar refractivity (Wildman–Crippen MR) is 113 cm³/mol. The summed E-state index contributed by atoms with van der Waals surface area (Å²) in [5.41, 5.74) is 1.29. The number of amides is 1. The Bertz CT molecular complexity index is 1230. The Kier molecular flexibility index (Phi) is 5.90. The van der Waals surface area contributed by atoms with Crippen LogP contribution in [-0.4, -0.2) is 33.0 Å². The van der Waals surface area contributed by atoms with Crippen LogP contribution in [0, 0.1) is 6.92 Å². The summed E-state index contributed by atoms with van der Waals surface area (Å²) in [5, 5.41) is 1.82. The molecule has 0 fully saturated rings. The van der Waals surface area contributed by atoms with E-state index in [0.717, 1.165) is 4.31 Å². The average molecular weight is 432 g/mol. The Hall–Kier alpha value is -2.91. The van der Waals surface area contributed by atoms with Crippen LogP contribution in [0.15, 0.2) is 63.9 Å². The van der Waals surface area contributed by atoms with Crippen molar-refractivity contribution in [2.24, 2.45) is 12.0 Å². The number of carbonyl (C=O) groups excluding carboxylic acids is 1. The third-order valence-corrected chi connectivity index (χ3v) is 7.09. The van der Waals surface area contributed by atoms with E-state index in [9.17, 15) is 13.2 Å². The maximum Gasteiger partial charge on any atom is 0.279 e. The molecule has 0 saturated carbocycles. The molecule has 1 amide bonds. The molecule has 0 atom stereocenters. The summed E-state index contributed by atoms with van der Waals surface area (Å²) in [6.45, 7) is 1.75. The molecule has 152 valence electrons. The van der Waals surface area contributed by atoms with E-state index in [4.69, 9.17) is 4.74 Å². The summed E-state index contributed by atoms with van der Waals surface area (Å²) in [5.74, 6) is -0.0558. The molecule has 0 aliphatic rings. The van der Waals surface area contributed by atoms with Gasteiger partial charge in [0.1, 0.15) is 5.75 Å². The van der Waals surface area contributed by atoms with Crippen LogP contribution in [0.4, 0.5) is 5.69 Å². The summed E-state index contributed by atoms with van der Waals surface area (Å²) in [6, 6.07) is 11.3. The lowest BCUT2D eigenvalue weighted by atomic mass is 10.1. The smallest absolute Gasteiger partial charge is 0.279 e. The van der Waals surface area contributed by atoms with Gasteiger partial charge in [-0.2, -0.15) is 4.99 Å². The zero-order valence-corrected chi connectivity index (χ0v) is 18.1. The molecule has 3 rings (SSSR count). The number of aryl methyl sites for hydroxylation is 2. The molecule has 0 aliphatic carbocycles. The molecule has 0 radical (unpaired) electrons. The third kappa shape index (κ3) is 4.10. The Morgan fingerprint density at radius 1 is 1.21 bits per heavy atom.